The van der Waals surface area contributed by atoms with Gasteiger partial charge >= 0.3 is 0 Å². The first kappa shape index (κ1) is 19.7. The Hall–Kier alpha value is -3.97. The molecule has 0 fully saturated rings. The molecule has 2 heterocycles. The predicted molar refractivity (Wildman–Crippen MR) is 130 cm³/mol. The van der Waals surface area contributed by atoms with E-state index in [0.29, 0.717) is 17.1 Å². The van der Waals surface area contributed by atoms with Crippen LogP contribution < -0.4 is 10.1 Å². The third-order valence-corrected chi connectivity index (χ3v) is 6.69. The lowest BCUT2D eigenvalue weighted by atomic mass is 10.2. The number of nitrogens with one attached hydrogen (secondary N) is 1. The maximum Gasteiger partial charge on any atom is 0.256 e. The Bertz CT molecular complexity index is 1440. The first-order valence-electron chi connectivity index (χ1n) is 10.9. The van der Waals surface area contributed by atoms with Gasteiger partial charge in [0.05, 0.1) is 15.9 Å². The molecule has 1 aliphatic rings. The molecule has 0 spiro atoms. The number of hydrogen-bond acceptors (Lipinski definition) is 5. The molecule has 7 heteroatoms. The van der Waals surface area contributed by atoms with Gasteiger partial charge in [0.1, 0.15) is 17.3 Å². The summed E-state index contributed by atoms with van der Waals surface area (Å²) in [4.78, 5) is 18.0. The van der Waals surface area contributed by atoms with Gasteiger partial charge in [0, 0.05) is 11.1 Å². The van der Waals surface area contributed by atoms with Gasteiger partial charge in [0.15, 0.2) is 0 Å². The molecule has 2 aromatic heterocycles. The van der Waals surface area contributed by atoms with Crippen molar-refractivity contribution in [3.63, 3.8) is 0 Å². The van der Waals surface area contributed by atoms with Crippen molar-refractivity contribution in [3.8, 4) is 16.6 Å². The van der Waals surface area contributed by atoms with Gasteiger partial charge in [-0.2, -0.15) is 9.78 Å². The molecule has 0 radical (unpaired) electrons. The van der Waals surface area contributed by atoms with Crippen LogP contribution in [0.1, 0.15) is 28.0 Å². The summed E-state index contributed by atoms with van der Waals surface area (Å²) < 4.78 is 8.78. The Morgan fingerprint density at radius 1 is 0.939 bits per heavy atom. The Morgan fingerprint density at radius 2 is 1.76 bits per heavy atom. The van der Waals surface area contributed by atoms with Crippen LogP contribution in [-0.2, 0) is 12.8 Å². The highest BCUT2D eigenvalue weighted by Crippen LogP contribution is 2.34. The molecule has 162 valence electrons. The fourth-order valence-electron chi connectivity index (χ4n) is 4.11. The smallest absolute Gasteiger partial charge is 0.256 e. The lowest BCUT2D eigenvalue weighted by molar-refractivity contribution is 0.102. The number of para-hydroxylation sites is 2. The molecule has 0 saturated carbocycles. The van der Waals surface area contributed by atoms with Crippen molar-refractivity contribution in [1.82, 2.24) is 14.8 Å². The standard InChI is InChI=1S/C26H20N4O2S/c31-25(17-8-6-11-19(16-17)32-18-9-2-1-3-10-18)28-24-20-12-7-14-21(20)29-30(24)26-27-22-13-4-5-15-23(22)33-26/h1-6,8-11,13,15-16H,7,12,14H2,(H,28,31). The fourth-order valence-corrected chi connectivity index (χ4v) is 5.04. The van der Waals surface area contributed by atoms with Crippen molar-refractivity contribution < 1.29 is 9.53 Å². The summed E-state index contributed by atoms with van der Waals surface area (Å²) in [6.07, 6.45) is 2.85. The van der Waals surface area contributed by atoms with E-state index in [1.807, 2.05) is 66.7 Å². The molecule has 0 unspecified atom stereocenters. The molecule has 6 nitrogen and oxygen atoms in total. The summed E-state index contributed by atoms with van der Waals surface area (Å²) in [5, 5.41) is 8.67. The van der Waals surface area contributed by atoms with Crippen LogP contribution in [0.15, 0.2) is 78.9 Å². The molecule has 0 saturated heterocycles. The zero-order valence-electron chi connectivity index (χ0n) is 17.7. The second kappa shape index (κ2) is 8.18. The summed E-state index contributed by atoms with van der Waals surface area (Å²) >= 11 is 1.57. The van der Waals surface area contributed by atoms with Crippen LogP contribution in [0.2, 0.25) is 0 Å². The van der Waals surface area contributed by atoms with Crippen LogP contribution >= 0.6 is 11.3 Å². The zero-order valence-corrected chi connectivity index (χ0v) is 18.5. The second-order valence-corrected chi connectivity index (χ2v) is 8.91. The number of hydrogen-bond donors (Lipinski definition) is 1. The van der Waals surface area contributed by atoms with Gasteiger partial charge in [0.2, 0.25) is 5.13 Å². The van der Waals surface area contributed by atoms with Gasteiger partial charge in [-0.3, -0.25) is 4.79 Å². The highest BCUT2D eigenvalue weighted by molar-refractivity contribution is 7.20. The van der Waals surface area contributed by atoms with Crippen LogP contribution in [0, 0.1) is 0 Å². The third kappa shape index (κ3) is 3.76. The number of amides is 1. The number of aryl methyl sites for hydroxylation is 1. The molecular formula is C26H20N4O2S. The number of ether oxygens (including phenoxy) is 1. The Labute approximate surface area is 194 Å². The van der Waals surface area contributed by atoms with Crippen molar-refractivity contribution in [1.29, 1.82) is 0 Å². The SMILES string of the molecule is O=C(Nc1c2c(nn1-c1nc3ccccc3s1)CCC2)c1cccc(Oc2ccccc2)c1. The molecule has 0 atom stereocenters. The van der Waals surface area contributed by atoms with E-state index in [9.17, 15) is 4.79 Å². The van der Waals surface area contributed by atoms with Crippen molar-refractivity contribution in [2.45, 2.75) is 19.3 Å². The van der Waals surface area contributed by atoms with Gasteiger partial charge in [-0.05, 0) is 61.7 Å². The minimum absolute atomic E-state index is 0.203. The van der Waals surface area contributed by atoms with E-state index in [2.05, 4.69) is 5.32 Å². The van der Waals surface area contributed by atoms with E-state index < -0.39 is 0 Å². The Kier molecular flexibility index (Phi) is 4.88. The van der Waals surface area contributed by atoms with Gasteiger partial charge in [-0.15, -0.1) is 0 Å². The van der Waals surface area contributed by atoms with Crippen molar-refractivity contribution in [3.05, 3.63) is 95.7 Å². The summed E-state index contributed by atoms with van der Waals surface area (Å²) in [6.45, 7) is 0. The normalized spacial score (nSPS) is 12.6. The number of fused-ring (bicyclic) bond motifs is 2. The number of rotatable bonds is 5. The summed E-state index contributed by atoms with van der Waals surface area (Å²) in [6, 6.07) is 24.7. The number of nitrogens with zero attached hydrogens (tertiary/aromatic N) is 3. The molecule has 3 aromatic carbocycles. The summed E-state index contributed by atoms with van der Waals surface area (Å²) in [5.41, 5.74) is 3.58. The van der Waals surface area contributed by atoms with Crippen LogP contribution in [0.4, 0.5) is 5.82 Å². The van der Waals surface area contributed by atoms with E-state index in [1.54, 1.807) is 28.2 Å². The molecule has 0 bridgehead atoms. The molecule has 5 aromatic rings. The van der Waals surface area contributed by atoms with Gasteiger partial charge in [-0.1, -0.05) is 47.7 Å². The first-order valence-corrected chi connectivity index (χ1v) is 11.7. The molecule has 1 N–H and O–H groups in total. The first-order chi connectivity index (χ1) is 16.2. The van der Waals surface area contributed by atoms with Gasteiger partial charge < -0.3 is 10.1 Å². The highest BCUT2D eigenvalue weighted by Gasteiger charge is 2.26. The highest BCUT2D eigenvalue weighted by atomic mass is 32.1. The van der Waals surface area contributed by atoms with Crippen molar-refractivity contribution in [2.75, 3.05) is 5.32 Å². The molecule has 1 aliphatic carbocycles. The maximum absolute atomic E-state index is 13.2. The molecular weight excluding hydrogens is 432 g/mol. The molecule has 33 heavy (non-hydrogen) atoms. The monoisotopic (exact) mass is 452 g/mol. The lowest BCUT2D eigenvalue weighted by Crippen LogP contribution is -2.16. The van der Waals surface area contributed by atoms with Crippen LogP contribution in [0.25, 0.3) is 15.3 Å². The topological polar surface area (TPSA) is 69.0 Å². The van der Waals surface area contributed by atoms with Crippen LogP contribution in [0.5, 0.6) is 11.5 Å². The third-order valence-electron chi connectivity index (χ3n) is 5.68. The van der Waals surface area contributed by atoms with Crippen LogP contribution in [0.3, 0.4) is 0 Å². The average molecular weight is 453 g/mol. The van der Waals surface area contributed by atoms with E-state index in [4.69, 9.17) is 14.8 Å². The van der Waals surface area contributed by atoms with E-state index >= 15 is 0 Å². The summed E-state index contributed by atoms with van der Waals surface area (Å²) in [5.74, 6) is 1.84. The van der Waals surface area contributed by atoms with Crippen molar-refractivity contribution in [2.24, 2.45) is 0 Å². The minimum Gasteiger partial charge on any atom is -0.457 e. The van der Waals surface area contributed by atoms with E-state index in [1.165, 1.54) is 0 Å². The summed E-state index contributed by atoms with van der Waals surface area (Å²) in [7, 11) is 0. The molecule has 0 aliphatic heterocycles. The quantitative estimate of drug-likeness (QED) is 0.354. The van der Waals surface area contributed by atoms with E-state index in [0.717, 1.165) is 51.6 Å². The molecule has 1 amide bonds. The lowest BCUT2D eigenvalue weighted by Gasteiger charge is -2.10. The Morgan fingerprint density at radius 3 is 2.64 bits per heavy atom. The largest absolute Gasteiger partial charge is 0.457 e. The van der Waals surface area contributed by atoms with Gasteiger partial charge in [-0.25, -0.2) is 4.98 Å². The van der Waals surface area contributed by atoms with E-state index in [-0.39, 0.29) is 5.91 Å². The predicted octanol–water partition coefficient (Wildman–Crippen LogP) is 6.02. The minimum atomic E-state index is -0.203. The van der Waals surface area contributed by atoms with Crippen LogP contribution in [-0.4, -0.2) is 20.7 Å². The average Bonchev–Trinajstić information content (AvgIpc) is 3.55. The number of carbonyl (C=O) groups excluding carboxylic acids is 1. The maximum atomic E-state index is 13.2. The number of aromatic nitrogens is 3. The zero-order chi connectivity index (χ0) is 22.2. The Balaban J connectivity index is 1.32. The number of anilines is 1. The number of thiazole rings is 1. The molecule has 6 rings (SSSR count). The number of benzene rings is 3. The van der Waals surface area contributed by atoms with Gasteiger partial charge in [0.25, 0.3) is 5.91 Å². The number of carbonyl (C=O) groups is 1. The van der Waals surface area contributed by atoms with Crippen molar-refractivity contribution >= 4 is 33.3 Å². The fraction of sp³-hybridized carbons (Fsp3) is 0.115. The second-order valence-electron chi connectivity index (χ2n) is 7.90.